The van der Waals surface area contributed by atoms with E-state index in [2.05, 4.69) is 10.5 Å². The van der Waals surface area contributed by atoms with Crippen molar-refractivity contribution in [1.29, 1.82) is 0 Å². The van der Waals surface area contributed by atoms with E-state index in [0.717, 1.165) is 27.3 Å². The fourth-order valence-corrected chi connectivity index (χ4v) is 3.75. The Balaban J connectivity index is 1.31. The molecule has 7 heteroatoms. The van der Waals surface area contributed by atoms with Crippen molar-refractivity contribution >= 4 is 39.8 Å². The summed E-state index contributed by atoms with van der Waals surface area (Å²) in [6.45, 7) is 1.81. The zero-order chi connectivity index (χ0) is 22.9. The number of benzene rings is 3. The van der Waals surface area contributed by atoms with E-state index in [4.69, 9.17) is 13.9 Å². The summed E-state index contributed by atoms with van der Waals surface area (Å²) >= 11 is 0. The Kier molecular flexibility index (Phi) is 4.99. The van der Waals surface area contributed by atoms with Crippen molar-refractivity contribution in [2.24, 2.45) is 5.10 Å². The molecule has 5 rings (SSSR count). The highest BCUT2D eigenvalue weighted by molar-refractivity contribution is 6.08. The number of rotatable bonds is 5. The van der Waals surface area contributed by atoms with Crippen LogP contribution in [0.1, 0.15) is 32.2 Å². The van der Waals surface area contributed by atoms with Crippen molar-refractivity contribution in [2.75, 3.05) is 0 Å². The number of carboxylic acids is 1. The zero-order valence-electron chi connectivity index (χ0n) is 17.5. The van der Waals surface area contributed by atoms with Gasteiger partial charge < -0.3 is 13.9 Å². The smallest absolute Gasteiger partial charge is 0.335 e. The third-order valence-electron chi connectivity index (χ3n) is 5.37. The first-order chi connectivity index (χ1) is 16.0. The normalized spacial score (nSPS) is 11.4. The Labute approximate surface area is 187 Å². The Morgan fingerprint density at radius 2 is 1.79 bits per heavy atom. The van der Waals surface area contributed by atoms with Gasteiger partial charge in [-0.1, -0.05) is 36.4 Å². The molecule has 0 bridgehead atoms. The first-order valence-electron chi connectivity index (χ1n) is 10.2. The monoisotopic (exact) mass is 438 g/mol. The van der Waals surface area contributed by atoms with Gasteiger partial charge in [0.1, 0.15) is 17.1 Å². The number of carbonyl (C=O) groups is 2. The molecule has 2 heterocycles. The van der Waals surface area contributed by atoms with Crippen molar-refractivity contribution in [3.8, 4) is 11.3 Å². The summed E-state index contributed by atoms with van der Waals surface area (Å²) in [5, 5.41) is 16.0. The Morgan fingerprint density at radius 1 is 0.939 bits per heavy atom. The molecular formula is C26H18N2O5. The van der Waals surface area contributed by atoms with Crippen molar-refractivity contribution in [2.45, 2.75) is 6.92 Å². The summed E-state index contributed by atoms with van der Waals surface area (Å²) in [6.07, 6.45) is 1.39. The maximum absolute atomic E-state index is 12.5. The van der Waals surface area contributed by atoms with Gasteiger partial charge in [-0.2, -0.15) is 5.10 Å². The van der Waals surface area contributed by atoms with Gasteiger partial charge in [-0.3, -0.25) is 4.79 Å². The van der Waals surface area contributed by atoms with Crippen LogP contribution in [0.3, 0.4) is 0 Å². The number of amides is 1. The Hall–Kier alpha value is -4.65. The average molecular weight is 438 g/mol. The van der Waals surface area contributed by atoms with Crippen LogP contribution in [0.15, 0.2) is 86.7 Å². The van der Waals surface area contributed by atoms with Gasteiger partial charge in [0.25, 0.3) is 0 Å². The van der Waals surface area contributed by atoms with Gasteiger partial charge in [0.2, 0.25) is 0 Å². The molecule has 0 radical (unpaired) electrons. The standard InChI is InChI=1S/C26H18N2O5/c1-15-12-17(26(30)31)6-9-19(15)22-11-8-18(32-22)14-27-28-25(29)24-13-21-20-5-3-2-4-16(20)7-10-23(21)33-24/h2-14H,1H3,(H,28,29)(H,30,31). The minimum atomic E-state index is -0.981. The maximum atomic E-state index is 12.5. The number of hydrogen-bond donors (Lipinski definition) is 2. The van der Waals surface area contributed by atoms with E-state index >= 15 is 0 Å². The van der Waals surface area contributed by atoms with Crippen molar-refractivity contribution < 1.29 is 23.5 Å². The van der Waals surface area contributed by atoms with E-state index in [1.54, 1.807) is 30.3 Å². The van der Waals surface area contributed by atoms with Gasteiger partial charge in [-0.15, -0.1) is 0 Å². The first-order valence-corrected chi connectivity index (χ1v) is 10.2. The number of nitrogens with one attached hydrogen (secondary N) is 1. The summed E-state index contributed by atoms with van der Waals surface area (Å²) in [4.78, 5) is 23.6. The molecule has 0 fully saturated rings. The number of aromatic carboxylic acids is 1. The van der Waals surface area contributed by atoms with Crippen LogP contribution in [0.2, 0.25) is 0 Å². The lowest BCUT2D eigenvalue weighted by molar-refractivity contribution is 0.0696. The van der Waals surface area contributed by atoms with Gasteiger partial charge in [0.15, 0.2) is 5.76 Å². The zero-order valence-corrected chi connectivity index (χ0v) is 17.5. The van der Waals surface area contributed by atoms with Gasteiger partial charge in [0.05, 0.1) is 11.8 Å². The topological polar surface area (TPSA) is 105 Å². The molecule has 0 saturated heterocycles. The number of carboxylic acid groups (broad SMARTS) is 1. The minimum absolute atomic E-state index is 0.160. The molecule has 0 aliphatic heterocycles. The van der Waals surface area contributed by atoms with Crippen LogP contribution in [-0.2, 0) is 0 Å². The molecule has 1 amide bonds. The van der Waals surface area contributed by atoms with Crippen LogP contribution >= 0.6 is 0 Å². The number of aryl methyl sites for hydroxylation is 1. The lowest BCUT2D eigenvalue weighted by atomic mass is 10.0. The fourth-order valence-electron chi connectivity index (χ4n) is 3.75. The third-order valence-corrected chi connectivity index (χ3v) is 5.37. The Morgan fingerprint density at radius 3 is 2.61 bits per heavy atom. The van der Waals surface area contributed by atoms with Gasteiger partial charge in [0, 0.05) is 10.9 Å². The van der Waals surface area contributed by atoms with E-state index in [-0.39, 0.29) is 11.3 Å². The number of hydrogen-bond acceptors (Lipinski definition) is 5. The van der Waals surface area contributed by atoms with Crippen LogP contribution in [0.25, 0.3) is 33.1 Å². The molecule has 0 saturated carbocycles. The number of furan rings is 2. The van der Waals surface area contributed by atoms with E-state index < -0.39 is 11.9 Å². The van der Waals surface area contributed by atoms with Crippen molar-refractivity contribution in [3.63, 3.8) is 0 Å². The number of carbonyl (C=O) groups excluding carboxylic acids is 1. The van der Waals surface area contributed by atoms with Crippen molar-refractivity contribution in [3.05, 3.63) is 95.4 Å². The number of hydrazone groups is 1. The molecule has 7 nitrogen and oxygen atoms in total. The highest BCUT2D eigenvalue weighted by Gasteiger charge is 2.14. The molecular weight excluding hydrogens is 420 g/mol. The predicted molar refractivity (Wildman–Crippen MR) is 125 cm³/mol. The lowest BCUT2D eigenvalue weighted by Crippen LogP contribution is -2.16. The van der Waals surface area contributed by atoms with E-state index in [1.807, 2.05) is 43.3 Å². The lowest BCUT2D eigenvalue weighted by Gasteiger charge is -2.03. The molecule has 0 unspecified atom stereocenters. The first kappa shape index (κ1) is 20.3. The Bertz CT molecular complexity index is 1560. The highest BCUT2D eigenvalue weighted by Crippen LogP contribution is 2.28. The van der Waals surface area contributed by atoms with Crippen LogP contribution < -0.4 is 5.43 Å². The van der Waals surface area contributed by atoms with Crippen LogP contribution in [0, 0.1) is 6.92 Å². The summed E-state index contributed by atoms with van der Waals surface area (Å²) in [6, 6.07) is 21.7. The number of nitrogens with zero attached hydrogens (tertiary/aromatic N) is 1. The second kappa shape index (κ2) is 8.12. The largest absolute Gasteiger partial charge is 0.478 e. The quantitative estimate of drug-likeness (QED) is 0.274. The second-order valence-corrected chi connectivity index (χ2v) is 7.55. The number of fused-ring (bicyclic) bond motifs is 3. The maximum Gasteiger partial charge on any atom is 0.335 e. The van der Waals surface area contributed by atoms with Gasteiger partial charge >= 0.3 is 11.9 Å². The molecule has 0 spiro atoms. The molecule has 2 N–H and O–H groups in total. The van der Waals surface area contributed by atoms with Gasteiger partial charge in [-0.25, -0.2) is 10.2 Å². The summed E-state index contributed by atoms with van der Waals surface area (Å²) < 4.78 is 11.5. The molecule has 3 aromatic carbocycles. The van der Waals surface area contributed by atoms with Crippen LogP contribution in [0.5, 0.6) is 0 Å². The molecule has 5 aromatic rings. The van der Waals surface area contributed by atoms with E-state index in [0.29, 0.717) is 17.1 Å². The predicted octanol–water partition coefficient (Wildman–Crippen LogP) is 5.62. The molecule has 0 aliphatic rings. The third kappa shape index (κ3) is 3.87. The molecule has 33 heavy (non-hydrogen) atoms. The molecule has 162 valence electrons. The van der Waals surface area contributed by atoms with Crippen molar-refractivity contribution in [1.82, 2.24) is 5.43 Å². The van der Waals surface area contributed by atoms with E-state index in [9.17, 15) is 9.59 Å². The second-order valence-electron chi connectivity index (χ2n) is 7.55. The highest BCUT2D eigenvalue weighted by atomic mass is 16.4. The summed E-state index contributed by atoms with van der Waals surface area (Å²) in [7, 11) is 0. The molecule has 0 atom stereocenters. The van der Waals surface area contributed by atoms with Crippen LogP contribution in [0.4, 0.5) is 0 Å². The van der Waals surface area contributed by atoms with E-state index in [1.165, 1.54) is 12.3 Å². The average Bonchev–Trinajstić information content (AvgIpc) is 3.46. The summed E-state index contributed by atoms with van der Waals surface area (Å²) in [5.74, 6) is -0.291. The molecule has 0 aliphatic carbocycles. The minimum Gasteiger partial charge on any atom is -0.478 e. The summed E-state index contributed by atoms with van der Waals surface area (Å²) in [5.41, 5.74) is 4.84. The fraction of sp³-hybridized carbons (Fsp3) is 0.0385. The SMILES string of the molecule is Cc1cc(C(=O)O)ccc1-c1ccc(C=NNC(=O)c2cc3c(ccc4ccccc43)o2)o1. The van der Waals surface area contributed by atoms with Crippen LogP contribution in [-0.4, -0.2) is 23.2 Å². The molecule has 2 aromatic heterocycles. The van der Waals surface area contributed by atoms with Gasteiger partial charge in [-0.05, 0) is 59.7 Å².